The number of ketones is 1. The van der Waals surface area contributed by atoms with Crippen molar-refractivity contribution in [3.8, 4) is 11.5 Å². The molecule has 6 nitrogen and oxygen atoms in total. The second-order valence-electron chi connectivity index (χ2n) is 8.05. The second-order valence-corrected chi connectivity index (χ2v) is 8.05. The van der Waals surface area contributed by atoms with Gasteiger partial charge in [0.15, 0.2) is 5.76 Å². The van der Waals surface area contributed by atoms with Gasteiger partial charge in [-0.15, -0.1) is 0 Å². The first-order chi connectivity index (χ1) is 14.7. The van der Waals surface area contributed by atoms with Gasteiger partial charge in [0.25, 0.3) is 0 Å². The molecule has 2 aromatic carbocycles. The summed E-state index contributed by atoms with van der Waals surface area (Å²) in [5.74, 6) is 1.75. The molecule has 0 aliphatic carbocycles. The van der Waals surface area contributed by atoms with Crippen LogP contribution < -0.4 is 9.47 Å². The number of ether oxygens (including phenoxy) is 3. The molecule has 5 rings (SSSR count). The molecule has 0 spiro atoms. The van der Waals surface area contributed by atoms with Crippen molar-refractivity contribution in [2.45, 2.75) is 13.5 Å². The summed E-state index contributed by atoms with van der Waals surface area (Å²) in [7, 11) is 0. The molecular formula is C24H26N2O4. The third-order valence-electron chi connectivity index (χ3n) is 5.86. The van der Waals surface area contributed by atoms with Crippen molar-refractivity contribution in [2.75, 3.05) is 46.1 Å². The van der Waals surface area contributed by atoms with Gasteiger partial charge in [0.2, 0.25) is 5.78 Å². The maximum atomic E-state index is 12.9. The molecule has 0 bridgehead atoms. The van der Waals surface area contributed by atoms with E-state index < -0.39 is 0 Å². The van der Waals surface area contributed by atoms with E-state index in [2.05, 4.69) is 9.80 Å². The number of carbonyl (C=O) groups excluding carboxylic acids is 1. The number of rotatable bonds is 4. The Labute approximate surface area is 176 Å². The number of hydrogen-bond acceptors (Lipinski definition) is 6. The molecule has 0 unspecified atom stereocenters. The summed E-state index contributed by atoms with van der Waals surface area (Å²) in [6, 6.07) is 11.7. The van der Waals surface area contributed by atoms with Crippen molar-refractivity contribution >= 4 is 11.9 Å². The van der Waals surface area contributed by atoms with Crippen LogP contribution in [0.25, 0.3) is 6.08 Å². The van der Waals surface area contributed by atoms with Crippen LogP contribution in [-0.2, 0) is 11.3 Å². The fraction of sp³-hybridized carbons (Fsp3) is 0.375. The highest BCUT2D eigenvalue weighted by Gasteiger charge is 2.33. The Kier molecular flexibility index (Phi) is 5.29. The van der Waals surface area contributed by atoms with E-state index in [-0.39, 0.29) is 5.78 Å². The Morgan fingerprint density at radius 3 is 2.73 bits per heavy atom. The molecule has 0 N–H and O–H groups in total. The first-order valence-electron chi connectivity index (χ1n) is 10.5. The fourth-order valence-corrected chi connectivity index (χ4v) is 4.17. The van der Waals surface area contributed by atoms with Crippen molar-refractivity contribution in [2.24, 2.45) is 0 Å². The van der Waals surface area contributed by atoms with Gasteiger partial charge in [-0.1, -0.05) is 29.8 Å². The molecule has 0 aromatic heterocycles. The topological polar surface area (TPSA) is 51.2 Å². The largest absolute Gasteiger partial charge is 0.478 e. The van der Waals surface area contributed by atoms with E-state index in [4.69, 9.17) is 14.2 Å². The zero-order valence-electron chi connectivity index (χ0n) is 17.2. The molecule has 156 valence electrons. The van der Waals surface area contributed by atoms with Crippen LogP contribution in [-0.4, -0.2) is 61.7 Å². The molecule has 0 radical (unpaired) electrons. The summed E-state index contributed by atoms with van der Waals surface area (Å²) in [6.07, 6.45) is 1.82. The van der Waals surface area contributed by atoms with E-state index in [0.29, 0.717) is 30.3 Å². The Bertz CT molecular complexity index is 995. The number of morpholine rings is 1. The third-order valence-corrected chi connectivity index (χ3v) is 5.86. The highest BCUT2D eigenvalue weighted by molar-refractivity contribution is 6.15. The summed E-state index contributed by atoms with van der Waals surface area (Å²) in [5.41, 5.74) is 3.69. The predicted octanol–water partition coefficient (Wildman–Crippen LogP) is 3.10. The lowest BCUT2D eigenvalue weighted by Crippen LogP contribution is -2.43. The molecular weight excluding hydrogens is 380 g/mol. The number of fused-ring (bicyclic) bond motifs is 3. The first kappa shape index (κ1) is 19.3. The monoisotopic (exact) mass is 406 g/mol. The Morgan fingerprint density at radius 2 is 1.90 bits per heavy atom. The van der Waals surface area contributed by atoms with E-state index in [1.165, 1.54) is 0 Å². The van der Waals surface area contributed by atoms with Gasteiger partial charge >= 0.3 is 0 Å². The number of benzene rings is 2. The van der Waals surface area contributed by atoms with Gasteiger partial charge in [0.1, 0.15) is 18.2 Å². The van der Waals surface area contributed by atoms with Crippen molar-refractivity contribution in [1.82, 2.24) is 9.80 Å². The second kappa shape index (κ2) is 8.22. The van der Waals surface area contributed by atoms with Gasteiger partial charge < -0.3 is 14.2 Å². The van der Waals surface area contributed by atoms with Crippen LogP contribution in [0, 0.1) is 6.92 Å². The third kappa shape index (κ3) is 3.86. The lowest BCUT2D eigenvalue weighted by molar-refractivity contribution is 0.0239. The summed E-state index contributed by atoms with van der Waals surface area (Å²) in [4.78, 5) is 17.6. The fourth-order valence-electron chi connectivity index (χ4n) is 4.17. The van der Waals surface area contributed by atoms with Crippen LogP contribution in [0.3, 0.4) is 0 Å². The molecule has 3 aliphatic heterocycles. The first-order valence-corrected chi connectivity index (χ1v) is 10.5. The van der Waals surface area contributed by atoms with E-state index in [9.17, 15) is 4.79 Å². The SMILES string of the molecule is Cc1cccc(/C=C2\Oc3c(ccc4c3CN(CCN3CCOCC3)CO4)C2=O)c1. The number of nitrogens with zero attached hydrogens (tertiary/aromatic N) is 2. The maximum absolute atomic E-state index is 12.9. The van der Waals surface area contributed by atoms with Gasteiger partial charge in [-0.25, -0.2) is 0 Å². The van der Waals surface area contributed by atoms with Crippen LogP contribution in [0.15, 0.2) is 42.2 Å². The zero-order valence-corrected chi connectivity index (χ0v) is 17.2. The molecule has 0 amide bonds. The van der Waals surface area contributed by atoms with Crippen molar-refractivity contribution in [1.29, 1.82) is 0 Å². The molecule has 1 saturated heterocycles. The van der Waals surface area contributed by atoms with Crippen LogP contribution in [0.4, 0.5) is 0 Å². The summed E-state index contributed by atoms with van der Waals surface area (Å²) >= 11 is 0. The van der Waals surface area contributed by atoms with Crippen LogP contribution in [0.5, 0.6) is 11.5 Å². The zero-order chi connectivity index (χ0) is 20.5. The number of Topliss-reactive ketones (excluding diaryl/α,β-unsaturated/α-hetero) is 1. The molecule has 6 heteroatoms. The summed E-state index contributed by atoms with van der Waals surface area (Å²) in [5, 5.41) is 0. The predicted molar refractivity (Wildman–Crippen MR) is 114 cm³/mol. The molecule has 2 aromatic rings. The Morgan fingerprint density at radius 1 is 1.07 bits per heavy atom. The standard InChI is InChI=1S/C24H26N2O4/c1-17-3-2-4-18(13-17)14-22-23(27)19-5-6-21-20(24(19)30-22)15-26(16-29-21)8-7-25-9-11-28-12-10-25/h2-6,13-14H,7-12,15-16H2,1H3/b22-14-. The summed E-state index contributed by atoms with van der Waals surface area (Å²) < 4.78 is 17.5. The van der Waals surface area contributed by atoms with Gasteiger partial charge in [0.05, 0.1) is 24.3 Å². The maximum Gasteiger partial charge on any atom is 0.231 e. The van der Waals surface area contributed by atoms with Gasteiger partial charge in [-0.2, -0.15) is 0 Å². The smallest absolute Gasteiger partial charge is 0.231 e. The number of hydrogen-bond donors (Lipinski definition) is 0. The minimum Gasteiger partial charge on any atom is -0.478 e. The van der Waals surface area contributed by atoms with E-state index >= 15 is 0 Å². The number of aryl methyl sites for hydroxylation is 1. The number of allylic oxidation sites excluding steroid dienone is 1. The molecule has 30 heavy (non-hydrogen) atoms. The van der Waals surface area contributed by atoms with Crippen molar-refractivity contribution < 1.29 is 19.0 Å². The average Bonchev–Trinajstić information content (AvgIpc) is 3.09. The molecule has 1 fully saturated rings. The summed E-state index contributed by atoms with van der Waals surface area (Å²) in [6.45, 7) is 8.75. The highest BCUT2D eigenvalue weighted by Crippen LogP contribution is 2.42. The lowest BCUT2D eigenvalue weighted by Gasteiger charge is -2.33. The average molecular weight is 406 g/mol. The Balaban J connectivity index is 1.34. The van der Waals surface area contributed by atoms with E-state index in [0.717, 1.165) is 61.8 Å². The minimum atomic E-state index is -0.0697. The van der Waals surface area contributed by atoms with E-state index in [1.807, 2.05) is 49.4 Å². The van der Waals surface area contributed by atoms with Crippen molar-refractivity contribution in [3.05, 3.63) is 64.4 Å². The molecule has 0 saturated carbocycles. The highest BCUT2D eigenvalue weighted by atomic mass is 16.5. The quantitative estimate of drug-likeness (QED) is 0.728. The molecule has 3 heterocycles. The van der Waals surface area contributed by atoms with Gasteiger partial charge in [-0.3, -0.25) is 14.6 Å². The van der Waals surface area contributed by atoms with Gasteiger partial charge in [-0.05, 0) is 30.7 Å². The van der Waals surface area contributed by atoms with Gasteiger partial charge in [0, 0.05) is 32.7 Å². The Hall–Kier alpha value is -2.67. The van der Waals surface area contributed by atoms with Crippen LogP contribution in [0.1, 0.15) is 27.0 Å². The lowest BCUT2D eigenvalue weighted by atomic mass is 10.0. The van der Waals surface area contributed by atoms with Crippen molar-refractivity contribution in [3.63, 3.8) is 0 Å². The molecule has 0 atom stereocenters. The van der Waals surface area contributed by atoms with Crippen LogP contribution >= 0.6 is 0 Å². The van der Waals surface area contributed by atoms with Crippen LogP contribution in [0.2, 0.25) is 0 Å². The normalized spacial score (nSPS) is 20.6. The van der Waals surface area contributed by atoms with E-state index in [1.54, 1.807) is 0 Å². The number of carbonyl (C=O) groups is 1. The minimum absolute atomic E-state index is 0.0697. The molecule has 3 aliphatic rings.